The zero-order chi connectivity index (χ0) is 11.1. The molecule has 1 spiro atoms. The Hall–Kier alpha value is -0.590. The third-order valence-corrected chi connectivity index (χ3v) is 4.53. The van der Waals surface area contributed by atoms with Crippen molar-refractivity contribution in [1.82, 2.24) is 0 Å². The number of ketones is 1. The van der Waals surface area contributed by atoms with Crippen LogP contribution in [0, 0.1) is 17.3 Å². The predicted octanol–water partition coefficient (Wildman–Crippen LogP) is 3.74. The molecular weight excluding hydrogens is 184 g/mol. The van der Waals surface area contributed by atoms with E-state index in [1.165, 1.54) is 24.8 Å². The number of rotatable bonds is 1. The maximum Gasteiger partial charge on any atom is 0.162 e. The van der Waals surface area contributed by atoms with Crippen molar-refractivity contribution in [2.75, 3.05) is 0 Å². The smallest absolute Gasteiger partial charge is 0.162 e. The molecule has 1 heteroatoms. The molecule has 0 unspecified atom stereocenters. The lowest BCUT2D eigenvalue weighted by atomic mass is 9.65. The van der Waals surface area contributed by atoms with Crippen LogP contribution in [-0.4, -0.2) is 5.78 Å². The molecule has 0 heterocycles. The number of hydrogen-bond donors (Lipinski definition) is 0. The molecule has 15 heavy (non-hydrogen) atoms. The third kappa shape index (κ3) is 1.56. The molecule has 0 radical (unpaired) electrons. The van der Waals surface area contributed by atoms with E-state index >= 15 is 0 Å². The van der Waals surface area contributed by atoms with Gasteiger partial charge in [-0.1, -0.05) is 45.6 Å². The molecule has 1 atom stereocenters. The monoisotopic (exact) mass is 206 g/mol. The maximum absolute atomic E-state index is 12.2. The fourth-order valence-electron chi connectivity index (χ4n) is 3.48. The Morgan fingerprint density at radius 3 is 2.33 bits per heavy atom. The first-order valence-electron chi connectivity index (χ1n) is 6.34. The summed E-state index contributed by atoms with van der Waals surface area (Å²) in [5.41, 5.74) is 1.40. The molecule has 0 aromatic rings. The lowest BCUT2D eigenvalue weighted by Crippen LogP contribution is -2.35. The molecule has 0 N–H and O–H groups in total. The number of allylic oxidation sites excluding steroid dienone is 2. The van der Waals surface area contributed by atoms with Crippen LogP contribution in [0.4, 0.5) is 0 Å². The van der Waals surface area contributed by atoms with Gasteiger partial charge in [0.05, 0.1) is 0 Å². The first kappa shape index (κ1) is 10.9. The Morgan fingerprint density at radius 2 is 1.87 bits per heavy atom. The normalized spacial score (nSPS) is 30.0. The highest BCUT2D eigenvalue weighted by Gasteiger charge is 2.48. The summed E-state index contributed by atoms with van der Waals surface area (Å²) in [6.45, 7) is 6.68. The van der Waals surface area contributed by atoms with Crippen molar-refractivity contribution in [1.29, 1.82) is 0 Å². The van der Waals surface area contributed by atoms with Crippen LogP contribution in [0.3, 0.4) is 0 Å². The van der Waals surface area contributed by atoms with E-state index in [1.807, 2.05) is 6.08 Å². The minimum atomic E-state index is 0.0118. The van der Waals surface area contributed by atoms with Crippen LogP contribution in [0.15, 0.2) is 11.6 Å². The Labute approximate surface area is 92.9 Å². The van der Waals surface area contributed by atoms with Crippen LogP contribution in [0.1, 0.15) is 52.9 Å². The Kier molecular flexibility index (Phi) is 2.74. The van der Waals surface area contributed by atoms with Gasteiger partial charge < -0.3 is 0 Å². The Balaban J connectivity index is 2.26. The highest BCUT2D eigenvalue weighted by Crippen LogP contribution is 2.51. The molecule has 1 saturated carbocycles. The Bertz CT molecular complexity index is 292. The summed E-state index contributed by atoms with van der Waals surface area (Å²) in [6, 6.07) is 0. The molecule has 1 nitrogen and oxygen atoms in total. The molecule has 2 rings (SSSR count). The van der Waals surface area contributed by atoms with Gasteiger partial charge in [-0.2, -0.15) is 0 Å². The quantitative estimate of drug-likeness (QED) is 0.638. The first-order chi connectivity index (χ1) is 7.08. The van der Waals surface area contributed by atoms with Crippen LogP contribution in [0.5, 0.6) is 0 Å². The summed E-state index contributed by atoms with van der Waals surface area (Å²) in [6.07, 6.45) is 8.02. The largest absolute Gasteiger partial charge is 0.294 e. The summed E-state index contributed by atoms with van der Waals surface area (Å²) in [5.74, 6) is 1.45. The van der Waals surface area contributed by atoms with E-state index in [9.17, 15) is 4.79 Å². The van der Waals surface area contributed by atoms with Crippen LogP contribution in [0.25, 0.3) is 0 Å². The van der Waals surface area contributed by atoms with Crippen LogP contribution < -0.4 is 0 Å². The van der Waals surface area contributed by atoms with Gasteiger partial charge in [0, 0.05) is 5.41 Å². The van der Waals surface area contributed by atoms with Gasteiger partial charge in [-0.25, -0.2) is 0 Å². The van der Waals surface area contributed by atoms with Gasteiger partial charge in [0.15, 0.2) is 5.78 Å². The van der Waals surface area contributed by atoms with Gasteiger partial charge in [0.1, 0.15) is 0 Å². The zero-order valence-electron chi connectivity index (χ0n) is 10.2. The van der Waals surface area contributed by atoms with Crippen molar-refractivity contribution >= 4 is 5.78 Å². The number of hydrogen-bond acceptors (Lipinski definition) is 1. The molecule has 0 aliphatic heterocycles. The SMILES string of the molecule is CC(C)C1=CC(=O)C2(CCCCC2)[C@@H]1C. The standard InChI is InChI=1S/C14H22O/c1-10(2)12-9-13(15)14(11(12)3)7-5-4-6-8-14/h9-11H,4-8H2,1-3H3/t11-/m1/s1. The van der Waals surface area contributed by atoms with Crippen molar-refractivity contribution < 1.29 is 4.79 Å². The van der Waals surface area contributed by atoms with Crippen molar-refractivity contribution in [3.8, 4) is 0 Å². The predicted molar refractivity (Wildman–Crippen MR) is 62.6 cm³/mol. The van der Waals surface area contributed by atoms with Gasteiger partial charge >= 0.3 is 0 Å². The minimum absolute atomic E-state index is 0.0118. The van der Waals surface area contributed by atoms with Crippen molar-refractivity contribution in [3.05, 3.63) is 11.6 Å². The molecule has 0 saturated heterocycles. The molecule has 0 amide bonds. The highest BCUT2D eigenvalue weighted by atomic mass is 16.1. The lowest BCUT2D eigenvalue weighted by Gasteiger charge is -2.37. The van der Waals surface area contributed by atoms with E-state index in [-0.39, 0.29) is 5.41 Å². The molecule has 0 bridgehead atoms. The van der Waals surface area contributed by atoms with Crippen LogP contribution in [0.2, 0.25) is 0 Å². The van der Waals surface area contributed by atoms with Gasteiger partial charge in [-0.3, -0.25) is 4.79 Å². The summed E-state index contributed by atoms with van der Waals surface area (Å²) < 4.78 is 0. The molecule has 2 aliphatic rings. The number of carbonyl (C=O) groups is 1. The van der Waals surface area contributed by atoms with Crippen molar-refractivity contribution in [2.24, 2.45) is 17.3 Å². The molecule has 1 fully saturated rings. The molecule has 0 aromatic heterocycles. The molecule has 84 valence electrons. The fourth-order valence-corrected chi connectivity index (χ4v) is 3.48. The fraction of sp³-hybridized carbons (Fsp3) is 0.786. The summed E-state index contributed by atoms with van der Waals surface area (Å²) >= 11 is 0. The summed E-state index contributed by atoms with van der Waals surface area (Å²) in [5, 5.41) is 0. The van der Waals surface area contributed by atoms with Crippen LogP contribution in [-0.2, 0) is 4.79 Å². The van der Waals surface area contributed by atoms with E-state index in [1.54, 1.807) is 0 Å². The summed E-state index contributed by atoms with van der Waals surface area (Å²) in [7, 11) is 0. The van der Waals surface area contributed by atoms with E-state index in [2.05, 4.69) is 20.8 Å². The van der Waals surface area contributed by atoms with Gasteiger partial charge in [-0.05, 0) is 30.8 Å². The molecule has 0 aromatic carbocycles. The topological polar surface area (TPSA) is 17.1 Å². The van der Waals surface area contributed by atoms with E-state index < -0.39 is 0 Å². The summed E-state index contributed by atoms with van der Waals surface area (Å²) in [4.78, 5) is 12.2. The van der Waals surface area contributed by atoms with E-state index in [4.69, 9.17) is 0 Å². The van der Waals surface area contributed by atoms with Crippen LogP contribution >= 0.6 is 0 Å². The lowest BCUT2D eigenvalue weighted by molar-refractivity contribution is -0.126. The van der Waals surface area contributed by atoms with Crippen molar-refractivity contribution in [3.63, 3.8) is 0 Å². The van der Waals surface area contributed by atoms with Gasteiger partial charge in [0.25, 0.3) is 0 Å². The second kappa shape index (κ2) is 3.77. The molecular formula is C14H22O. The second-order valence-electron chi connectivity index (χ2n) is 5.60. The first-order valence-corrected chi connectivity index (χ1v) is 6.34. The third-order valence-electron chi connectivity index (χ3n) is 4.53. The maximum atomic E-state index is 12.2. The van der Waals surface area contributed by atoms with E-state index in [0.717, 1.165) is 12.8 Å². The zero-order valence-corrected chi connectivity index (χ0v) is 10.2. The second-order valence-corrected chi connectivity index (χ2v) is 5.60. The number of carbonyl (C=O) groups excluding carboxylic acids is 1. The Morgan fingerprint density at radius 1 is 1.27 bits per heavy atom. The van der Waals surface area contributed by atoms with Gasteiger partial charge in [-0.15, -0.1) is 0 Å². The minimum Gasteiger partial charge on any atom is -0.294 e. The average Bonchev–Trinajstić information content (AvgIpc) is 2.45. The highest BCUT2D eigenvalue weighted by molar-refractivity contribution is 5.99. The molecule has 2 aliphatic carbocycles. The average molecular weight is 206 g/mol. The van der Waals surface area contributed by atoms with Gasteiger partial charge in [0.2, 0.25) is 0 Å². The van der Waals surface area contributed by atoms with Crippen molar-refractivity contribution in [2.45, 2.75) is 52.9 Å². The van der Waals surface area contributed by atoms with E-state index in [0.29, 0.717) is 17.6 Å².